The maximum atomic E-state index is 5.44. The molecule has 0 atom stereocenters. The van der Waals surface area contributed by atoms with E-state index in [1.807, 2.05) is 38.1 Å². The van der Waals surface area contributed by atoms with Crippen LogP contribution in [0.2, 0.25) is 0 Å². The smallest absolute Gasteiger partial charge is 0.207 e. The molecular weight excluding hydrogens is 250 g/mol. The third-order valence-corrected chi connectivity index (χ3v) is 3.07. The van der Waals surface area contributed by atoms with Crippen molar-refractivity contribution in [1.82, 2.24) is 9.55 Å². The van der Waals surface area contributed by atoms with Gasteiger partial charge in [-0.05, 0) is 44.5 Å². The zero-order chi connectivity index (χ0) is 14.4. The van der Waals surface area contributed by atoms with E-state index in [0.717, 1.165) is 36.0 Å². The summed E-state index contributed by atoms with van der Waals surface area (Å²) in [6.45, 7) is 7.89. The van der Waals surface area contributed by atoms with Crippen molar-refractivity contribution in [2.45, 2.75) is 40.2 Å². The Morgan fingerprint density at radius 2 is 1.95 bits per heavy atom. The highest BCUT2D eigenvalue weighted by Gasteiger charge is 2.05. The molecule has 2 aromatic rings. The van der Waals surface area contributed by atoms with Gasteiger partial charge in [0.1, 0.15) is 5.75 Å². The molecule has 1 heterocycles. The summed E-state index contributed by atoms with van der Waals surface area (Å²) in [7, 11) is 0. The molecule has 0 aliphatic heterocycles. The largest absolute Gasteiger partial charge is 0.494 e. The molecule has 0 bridgehead atoms. The molecule has 0 aliphatic carbocycles. The molecule has 2 rings (SSSR count). The molecule has 0 spiro atoms. The lowest BCUT2D eigenvalue weighted by atomic mass is 10.3. The van der Waals surface area contributed by atoms with Gasteiger partial charge in [-0.1, -0.05) is 13.3 Å². The first-order valence-electron chi connectivity index (χ1n) is 7.26. The summed E-state index contributed by atoms with van der Waals surface area (Å²) < 4.78 is 7.62. The van der Waals surface area contributed by atoms with Crippen LogP contribution < -0.4 is 10.1 Å². The Bertz CT molecular complexity index is 531. The monoisotopic (exact) mass is 273 g/mol. The molecular formula is C16H23N3O. The molecule has 4 heteroatoms. The van der Waals surface area contributed by atoms with Crippen molar-refractivity contribution in [3.8, 4) is 5.75 Å². The highest BCUT2D eigenvalue weighted by Crippen LogP contribution is 2.20. The second-order valence-electron chi connectivity index (χ2n) is 4.84. The highest BCUT2D eigenvalue weighted by molar-refractivity contribution is 5.55. The minimum atomic E-state index is 0.688. The molecule has 4 nitrogen and oxygen atoms in total. The van der Waals surface area contributed by atoms with E-state index in [9.17, 15) is 0 Å². The number of unbranched alkanes of at least 4 members (excludes halogenated alkanes) is 1. The van der Waals surface area contributed by atoms with Gasteiger partial charge in [0, 0.05) is 18.4 Å². The average molecular weight is 273 g/mol. The van der Waals surface area contributed by atoms with Crippen molar-refractivity contribution >= 4 is 11.6 Å². The second-order valence-corrected chi connectivity index (χ2v) is 4.84. The van der Waals surface area contributed by atoms with Crippen molar-refractivity contribution in [1.29, 1.82) is 0 Å². The van der Waals surface area contributed by atoms with E-state index in [0.29, 0.717) is 6.61 Å². The van der Waals surface area contributed by atoms with Crippen LogP contribution in [-0.4, -0.2) is 16.2 Å². The summed E-state index contributed by atoms with van der Waals surface area (Å²) in [6.07, 6.45) is 4.43. The van der Waals surface area contributed by atoms with E-state index in [-0.39, 0.29) is 0 Å². The van der Waals surface area contributed by atoms with Gasteiger partial charge in [-0.2, -0.15) is 0 Å². The number of rotatable bonds is 7. The van der Waals surface area contributed by atoms with Gasteiger partial charge in [0.25, 0.3) is 0 Å². The lowest BCUT2D eigenvalue weighted by molar-refractivity contribution is 0.340. The molecule has 1 aromatic heterocycles. The fraction of sp³-hybridized carbons (Fsp3) is 0.438. The van der Waals surface area contributed by atoms with Crippen molar-refractivity contribution in [3.05, 3.63) is 36.2 Å². The van der Waals surface area contributed by atoms with Crippen LogP contribution in [0.5, 0.6) is 5.75 Å². The van der Waals surface area contributed by atoms with Gasteiger partial charge in [0.05, 0.1) is 12.3 Å². The molecule has 20 heavy (non-hydrogen) atoms. The predicted molar refractivity (Wildman–Crippen MR) is 82.8 cm³/mol. The van der Waals surface area contributed by atoms with Crippen molar-refractivity contribution in [2.75, 3.05) is 11.9 Å². The highest BCUT2D eigenvalue weighted by atomic mass is 16.5. The maximum absolute atomic E-state index is 5.44. The van der Waals surface area contributed by atoms with E-state index in [4.69, 9.17) is 4.74 Å². The maximum Gasteiger partial charge on any atom is 0.207 e. The number of hydrogen-bond donors (Lipinski definition) is 1. The van der Waals surface area contributed by atoms with Gasteiger partial charge in [-0.3, -0.25) is 0 Å². The summed E-state index contributed by atoms with van der Waals surface area (Å²) in [5.41, 5.74) is 2.06. The summed E-state index contributed by atoms with van der Waals surface area (Å²) in [4.78, 5) is 4.54. The Morgan fingerprint density at radius 3 is 2.60 bits per heavy atom. The summed E-state index contributed by atoms with van der Waals surface area (Å²) in [5.74, 6) is 1.80. The van der Waals surface area contributed by atoms with Gasteiger partial charge in [0.2, 0.25) is 5.95 Å². The molecule has 0 amide bonds. The lowest BCUT2D eigenvalue weighted by Gasteiger charge is -2.10. The first kappa shape index (κ1) is 14.4. The van der Waals surface area contributed by atoms with E-state index >= 15 is 0 Å². The SMILES string of the molecule is CCCCn1cc(C)nc1Nc1ccc(OCC)cc1. The van der Waals surface area contributed by atoms with Crippen LogP contribution in [-0.2, 0) is 6.54 Å². The van der Waals surface area contributed by atoms with Crippen molar-refractivity contribution < 1.29 is 4.74 Å². The zero-order valence-electron chi connectivity index (χ0n) is 12.5. The fourth-order valence-corrected chi connectivity index (χ4v) is 2.08. The molecule has 0 unspecified atom stereocenters. The molecule has 0 radical (unpaired) electrons. The number of aryl methyl sites for hydroxylation is 2. The molecule has 0 saturated heterocycles. The van der Waals surface area contributed by atoms with Crippen LogP contribution in [0, 0.1) is 6.92 Å². The van der Waals surface area contributed by atoms with Crippen LogP contribution in [0.1, 0.15) is 32.4 Å². The quantitative estimate of drug-likeness (QED) is 0.824. The Balaban J connectivity index is 2.08. The van der Waals surface area contributed by atoms with Crippen LogP contribution in [0.15, 0.2) is 30.5 Å². The number of benzene rings is 1. The number of ether oxygens (including phenoxy) is 1. The number of aromatic nitrogens is 2. The van der Waals surface area contributed by atoms with Crippen LogP contribution in [0.25, 0.3) is 0 Å². The number of hydrogen-bond acceptors (Lipinski definition) is 3. The Hall–Kier alpha value is -1.97. The molecule has 0 aliphatic rings. The van der Waals surface area contributed by atoms with Crippen LogP contribution in [0.3, 0.4) is 0 Å². The number of imidazole rings is 1. The lowest BCUT2D eigenvalue weighted by Crippen LogP contribution is -2.03. The number of nitrogens with one attached hydrogen (secondary N) is 1. The fourth-order valence-electron chi connectivity index (χ4n) is 2.08. The summed E-state index contributed by atoms with van der Waals surface area (Å²) >= 11 is 0. The molecule has 0 saturated carbocycles. The van der Waals surface area contributed by atoms with Gasteiger partial charge < -0.3 is 14.6 Å². The molecule has 1 aromatic carbocycles. The Labute approximate surface area is 120 Å². The van der Waals surface area contributed by atoms with E-state index in [1.54, 1.807) is 0 Å². The third-order valence-electron chi connectivity index (χ3n) is 3.07. The molecule has 108 valence electrons. The second kappa shape index (κ2) is 6.98. The van der Waals surface area contributed by atoms with Gasteiger partial charge in [-0.25, -0.2) is 4.98 Å². The minimum absolute atomic E-state index is 0.688. The zero-order valence-corrected chi connectivity index (χ0v) is 12.5. The first-order chi connectivity index (χ1) is 9.72. The van der Waals surface area contributed by atoms with Crippen LogP contribution in [0.4, 0.5) is 11.6 Å². The summed E-state index contributed by atoms with van der Waals surface area (Å²) in [6, 6.07) is 7.97. The van der Waals surface area contributed by atoms with Crippen LogP contribution >= 0.6 is 0 Å². The minimum Gasteiger partial charge on any atom is -0.494 e. The number of nitrogens with zero attached hydrogens (tertiary/aromatic N) is 2. The first-order valence-corrected chi connectivity index (χ1v) is 7.26. The average Bonchev–Trinajstić information content (AvgIpc) is 2.79. The third kappa shape index (κ3) is 3.76. The normalized spacial score (nSPS) is 10.6. The van der Waals surface area contributed by atoms with Crippen molar-refractivity contribution in [2.24, 2.45) is 0 Å². The van der Waals surface area contributed by atoms with E-state index < -0.39 is 0 Å². The van der Waals surface area contributed by atoms with Gasteiger partial charge >= 0.3 is 0 Å². The van der Waals surface area contributed by atoms with Gasteiger partial charge in [0.15, 0.2) is 0 Å². The van der Waals surface area contributed by atoms with Gasteiger partial charge in [-0.15, -0.1) is 0 Å². The predicted octanol–water partition coefficient (Wildman–Crippen LogP) is 4.13. The number of anilines is 2. The standard InChI is InChI=1S/C16H23N3O/c1-4-6-11-19-12-13(3)17-16(19)18-14-7-9-15(10-8-14)20-5-2/h7-10,12H,4-6,11H2,1-3H3,(H,17,18). The summed E-state index contributed by atoms with van der Waals surface area (Å²) in [5, 5.41) is 3.37. The van der Waals surface area contributed by atoms with Crippen molar-refractivity contribution in [3.63, 3.8) is 0 Å². The Morgan fingerprint density at radius 1 is 1.20 bits per heavy atom. The van der Waals surface area contributed by atoms with E-state index in [2.05, 4.69) is 28.0 Å². The molecule has 1 N–H and O–H groups in total. The topological polar surface area (TPSA) is 39.1 Å². The van der Waals surface area contributed by atoms with E-state index in [1.165, 1.54) is 6.42 Å². The molecule has 0 fully saturated rings. The Kier molecular flexibility index (Phi) is 5.04.